The molecule has 2 aliphatic heterocycles. The van der Waals surface area contributed by atoms with E-state index in [1.807, 2.05) is 11.0 Å². The predicted octanol–water partition coefficient (Wildman–Crippen LogP) is 1.65. The number of benzene rings is 1. The summed E-state index contributed by atoms with van der Waals surface area (Å²) < 4.78 is 18.4. The van der Waals surface area contributed by atoms with Crippen LogP contribution in [0.5, 0.6) is 0 Å². The van der Waals surface area contributed by atoms with Crippen LogP contribution in [0.15, 0.2) is 24.3 Å². The summed E-state index contributed by atoms with van der Waals surface area (Å²) in [7, 11) is 0. The van der Waals surface area contributed by atoms with Crippen LogP contribution in [0, 0.1) is 11.7 Å². The molecule has 2 aliphatic rings. The van der Waals surface area contributed by atoms with E-state index in [9.17, 15) is 14.0 Å². The molecular weight excluding hydrogens is 337 g/mol. The van der Waals surface area contributed by atoms with Crippen LogP contribution in [0.2, 0.25) is 0 Å². The largest absolute Gasteiger partial charge is 0.378 e. The second kappa shape index (κ2) is 8.98. The Morgan fingerprint density at radius 2 is 1.85 bits per heavy atom. The molecule has 7 heteroatoms. The zero-order valence-electron chi connectivity index (χ0n) is 15.0. The molecule has 1 N–H and O–H groups in total. The van der Waals surface area contributed by atoms with Crippen molar-refractivity contribution in [3.8, 4) is 0 Å². The van der Waals surface area contributed by atoms with E-state index in [0.29, 0.717) is 65.2 Å². The Hall–Kier alpha value is -2.15. The Kier molecular flexibility index (Phi) is 6.44. The van der Waals surface area contributed by atoms with Gasteiger partial charge in [0.05, 0.1) is 13.2 Å². The molecule has 0 unspecified atom stereocenters. The first-order valence-corrected chi connectivity index (χ1v) is 9.27. The Bertz CT molecular complexity index is 626. The second-order valence-electron chi connectivity index (χ2n) is 6.81. The smallest absolute Gasteiger partial charge is 0.317 e. The number of morpholine rings is 1. The molecule has 3 amide bonds. The Balaban J connectivity index is 1.38. The minimum absolute atomic E-state index is 0.00411. The summed E-state index contributed by atoms with van der Waals surface area (Å²) in [5.74, 6) is -0.0651. The van der Waals surface area contributed by atoms with Gasteiger partial charge in [-0.25, -0.2) is 9.18 Å². The molecule has 0 aromatic heterocycles. The number of urea groups is 1. The average Bonchev–Trinajstić information content (AvgIpc) is 2.68. The fourth-order valence-corrected chi connectivity index (χ4v) is 3.49. The highest BCUT2D eigenvalue weighted by Crippen LogP contribution is 2.20. The number of carbonyl (C=O) groups excluding carboxylic acids is 2. The summed E-state index contributed by atoms with van der Waals surface area (Å²) >= 11 is 0. The molecule has 6 nitrogen and oxygen atoms in total. The van der Waals surface area contributed by atoms with Crippen molar-refractivity contribution in [2.75, 3.05) is 45.9 Å². The van der Waals surface area contributed by atoms with Gasteiger partial charge >= 0.3 is 6.03 Å². The van der Waals surface area contributed by atoms with Crippen molar-refractivity contribution >= 4 is 11.9 Å². The summed E-state index contributed by atoms with van der Waals surface area (Å²) in [4.78, 5) is 28.4. The van der Waals surface area contributed by atoms with Gasteiger partial charge in [0.2, 0.25) is 5.91 Å². The topological polar surface area (TPSA) is 61.9 Å². The molecule has 142 valence electrons. The number of carbonyl (C=O) groups is 2. The van der Waals surface area contributed by atoms with Crippen molar-refractivity contribution < 1.29 is 18.7 Å². The SMILES string of the molecule is O=C(NCCc1cccc(F)c1)N1CCC(C(=O)N2CCOCC2)CC1. The second-order valence-corrected chi connectivity index (χ2v) is 6.81. The van der Waals surface area contributed by atoms with Crippen LogP contribution < -0.4 is 5.32 Å². The van der Waals surface area contributed by atoms with Crippen LogP contribution in [-0.2, 0) is 16.0 Å². The average molecular weight is 363 g/mol. The Morgan fingerprint density at radius 1 is 1.12 bits per heavy atom. The lowest BCUT2D eigenvalue weighted by Crippen LogP contribution is -2.49. The minimum atomic E-state index is -0.263. The van der Waals surface area contributed by atoms with E-state index in [-0.39, 0.29) is 23.7 Å². The lowest BCUT2D eigenvalue weighted by molar-refractivity contribution is -0.141. The molecule has 3 rings (SSSR count). The van der Waals surface area contributed by atoms with E-state index in [2.05, 4.69) is 5.32 Å². The third-order valence-electron chi connectivity index (χ3n) is 5.03. The first kappa shape index (κ1) is 18.6. The number of hydrogen-bond donors (Lipinski definition) is 1. The first-order chi connectivity index (χ1) is 12.6. The van der Waals surface area contributed by atoms with Crippen molar-refractivity contribution in [2.24, 2.45) is 5.92 Å². The summed E-state index contributed by atoms with van der Waals surface area (Å²) in [5.41, 5.74) is 0.861. The summed E-state index contributed by atoms with van der Waals surface area (Å²) in [6.07, 6.45) is 2.00. The highest BCUT2D eigenvalue weighted by Gasteiger charge is 2.30. The zero-order valence-corrected chi connectivity index (χ0v) is 15.0. The highest BCUT2D eigenvalue weighted by atomic mass is 19.1. The predicted molar refractivity (Wildman–Crippen MR) is 95.2 cm³/mol. The highest BCUT2D eigenvalue weighted by molar-refractivity contribution is 5.80. The maximum atomic E-state index is 13.1. The third-order valence-corrected chi connectivity index (χ3v) is 5.03. The van der Waals surface area contributed by atoms with E-state index >= 15 is 0 Å². The molecule has 1 aromatic rings. The minimum Gasteiger partial charge on any atom is -0.378 e. The molecule has 2 saturated heterocycles. The van der Waals surface area contributed by atoms with Crippen molar-refractivity contribution in [1.29, 1.82) is 0 Å². The van der Waals surface area contributed by atoms with Crippen LogP contribution in [0.4, 0.5) is 9.18 Å². The van der Waals surface area contributed by atoms with Crippen molar-refractivity contribution in [3.63, 3.8) is 0 Å². The van der Waals surface area contributed by atoms with Gasteiger partial charge in [-0.15, -0.1) is 0 Å². The maximum Gasteiger partial charge on any atom is 0.317 e. The normalized spacial score (nSPS) is 18.7. The van der Waals surface area contributed by atoms with Crippen molar-refractivity contribution in [3.05, 3.63) is 35.6 Å². The fraction of sp³-hybridized carbons (Fsp3) is 0.579. The van der Waals surface area contributed by atoms with Crippen LogP contribution in [0.25, 0.3) is 0 Å². The number of amides is 3. The summed E-state index contributed by atoms with van der Waals surface area (Å²) in [5, 5.41) is 2.88. The third kappa shape index (κ3) is 4.94. The first-order valence-electron chi connectivity index (χ1n) is 9.27. The molecule has 0 atom stereocenters. The number of likely N-dealkylation sites (tertiary alicyclic amines) is 1. The Morgan fingerprint density at radius 3 is 2.54 bits per heavy atom. The van der Waals surface area contributed by atoms with Gasteiger partial charge in [0.1, 0.15) is 5.82 Å². The lowest BCUT2D eigenvalue weighted by atomic mass is 9.95. The van der Waals surface area contributed by atoms with Gasteiger partial charge in [0, 0.05) is 38.6 Å². The van der Waals surface area contributed by atoms with Gasteiger partial charge < -0.3 is 19.9 Å². The van der Waals surface area contributed by atoms with Crippen molar-refractivity contribution in [2.45, 2.75) is 19.3 Å². The van der Waals surface area contributed by atoms with Crippen molar-refractivity contribution in [1.82, 2.24) is 15.1 Å². The number of hydrogen-bond acceptors (Lipinski definition) is 3. The van der Waals surface area contributed by atoms with Gasteiger partial charge in [-0.3, -0.25) is 4.79 Å². The molecule has 0 radical (unpaired) electrons. The van der Waals surface area contributed by atoms with Gasteiger partial charge in [0.25, 0.3) is 0 Å². The fourth-order valence-electron chi connectivity index (χ4n) is 3.49. The molecule has 2 heterocycles. The van der Waals surface area contributed by atoms with Gasteiger partial charge in [-0.1, -0.05) is 12.1 Å². The number of piperidine rings is 1. The van der Waals surface area contributed by atoms with Gasteiger partial charge in [0.15, 0.2) is 0 Å². The van der Waals surface area contributed by atoms with Gasteiger partial charge in [-0.2, -0.15) is 0 Å². The summed E-state index contributed by atoms with van der Waals surface area (Å²) in [6, 6.07) is 6.29. The maximum absolute atomic E-state index is 13.1. The van der Waals surface area contributed by atoms with Crippen LogP contribution >= 0.6 is 0 Å². The number of ether oxygens (including phenoxy) is 1. The van der Waals surface area contributed by atoms with Crippen LogP contribution in [-0.4, -0.2) is 67.7 Å². The monoisotopic (exact) mass is 363 g/mol. The van der Waals surface area contributed by atoms with E-state index in [4.69, 9.17) is 4.74 Å². The van der Waals surface area contributed by atoms with E-state index < -0.39 is 0 Å². The number of rotatable bonds is 4. The van der Waals surface area contributed by atoms with Crippen LogP contribution in [0.3, 0.4) is 0 Å². The lowest BCUT2D eigenvalue weighted by Gasteiger charge is -2.35. The molecule has 0 aliphatic carbocycles. The molecule has 0 bridgehead atoms. The molecule has 26 heavy (non-hydrogen) atoms. The van der Waals surface area contributed by atoms with E-state index in [1.165, 1.54) is 12.1 Å². The van der Waals surface area contributed by atoms with Crippen LogP contribution in [0.1, 0.15) is 18.4 Å². The molecule has 1 aromatic carbocycles. The molecule has 0 saturated carbocycles. The number of nitrogens with one attached hydrogen (secondary N) is 1. The number of nitrogens with zero attached hydrogens (tertiary/aromatic N) is 2. The number of halogens is 1. The molecular formula is C19H26FN3O3. The Labute approximate surface area is 153 Å². The van der Waals surface area contributed by atoms with E-state index in [1.54, 1.807) is 11.0 Å². The quantitative estimate of drug-likeness (QED) is 0.885. The molecule has 2 fully saturated rings. The molecule has 0 spiro atoms. The standard InChI is InChI=1S/C19H26FN3O3/c20-17-3-1-2-15(14-17)4-7-21-19(25)23-8-5-16(6-9-23)18(24)22-10-12-26-13-11-22/h1-3,14,16H,4-13H2,(H,21,25). The van der Waals surface area contributed by atoms with E-state index in [0.717, 1.165) is 5.56 Å². The zero-order chi connectivity index (χ0) is 18.4. The summed E-state index contributed by atoms with van der Waals surface area (Å²) in [6.45, 7) is 4.20. The van der Waals surface area contributed by atoms with Gasteiger partial charge in [-0.05, 0) is 37.0 Å².